The third-order valence-electron chi connectivity index (χ3n) is 5.65. The summed E-state index contributed by atoms with van der Waals surface area (Å²) in [5, 5.41) is 28.8. The van der Waals surface area contributed by atoms with Gasteiger partial charge in [0, 0.05) is 25.4 Å². The highest BCUT2D eigenvalue weighted by Gasteiger charge is 2.38. The number of para-hydroxylation sites is 1. The zero-order valence-electron chi connectivity index (χ0n) is 23.7. The minimum Gasteiger partial charge on any atom is -0.475 e. The molecule has 0 unspecified atom stereocenters. The molecule has 4 rings (SSSR count). The third-order valence-corrected chi connectivity index (χ3v) is 5.65. The number of anilines is 3. The molecule has 13 nitrogen and oxygen atoms in total. The first kappa shape index (κ1) is 32.4. The molecule has 228 valence electrons. The van der Waals surface area contributed by atoms with Gasteiger partial charge in [-0.2, -0.15) is 17.9 Å². The second-order valence-electron chi connectivity index (χ2n) is 9.12. The number of carbonyl (C=O) groups excluding carboxylic acids is 1. The second-order valence-corrected chi connectivity index (χ2v) is 9.12. The first-order chi connectivity index (χ1) is 20.4. The molecule has 4 N–H and O–H groups in total. The van der Waals surface area contributed by atoms with Gasteiger partial charge < -0.3 is 25.8 Å². The van der Waals surface area contributed by atoms with Crippen molar-refractivity contribution in [3.63, 3.8) is 0 Å². The number of ether oxygens (including phenoxy) is 1. The Morgan fingerprint density at radius 3 is 2.16 bits per heavy atom. The van der Waals surface area contributed by atoms with E-state index in [0.717, 1.165) is 22.4 Å². The largest absolute Gasteiger partial charge is 0.490 e. The van der Waals surface area contributed by atoms with E-state index in [1.165, 1.54) is 7.11 Å². The number of aromatic nitrogens is 6. The molecule has 16 heteroatoms. The van der Waals surface area contributed by atoms with Crippen LogP contribution in [0.5, 0.6) is 0 Å². The summed E-state index contributed by atoms with van der Waals surface area (Å²) >= 11 is 0. The van der Waals surface area contributed by atoms with Crippen molar-refractivity contribution in [3.8, 4) is 5.69 Å². The number of aliphatic carboxylic acids is 1. The van der Waals surface area contributed by atoms with Gasteiger partial charge in [0.05, 0.1) is 12.2 Å². The predicted octanol–water partition coefficient (Wildman–Crippen LogP) is 3.82. The lowest BCUT2D eigenvalue weighted by Gasteiger charge is -2.13. The topological polar surface area (TPSA) is 169 Å². The molecule has 0 aliphatic heterocycles. The van der Waals surface area contributed by atoms with Crippen LogP contribution in [0.3, 0.4) is 0 Å². The Balaban J connectivity index is 0.000000646. The van der Waals surface area contributed by atoms with Crippen LogP contribution in [0.1, 0.15) is 28.3 Å². The molecule has 2 heterocycles. The van der Waals surface area contributed by atoms with E-state index in [2.05, 4.69) is 41.4 Å². The van der Waals surface area contributed by atoms with Crippen LogP contribution in [0.15, 0.2) is 48.5 Å². The van der Waals surface area contributed by atoms with Crippen LogP contribution in [0.25, 0.3) is 5.69 Å². The van der Waals surface area contributed by atoms with Gasteiger partial charge in [0.25, 0.3) is 0 Å². The fraction of sp³-hybridized carbons (Fsp3) is 0.296. The smallest absolute Gasteiger partial charge is 0.475 e. The average molecular weight is 602 g/mol. The van der Waals surface area contributed by atoms with E-state index in [1.54, 1.807) is 4.68 Å². The molecule has 0 spiro atoms. The van der Waals surface area contributed by atoms with Gasteiger partial charge in [0.2, 0.25) is 5.91 Å². The molecule has 0 atom stereocenters. The monoisotopic (exact) mass is 601 g/mol. The van der Waals surface area contributed by atoms with Gasteiger partial charge in [-0.1, -0.05) is 30.3 Å². The SMILES string of the molecule is COCC(=O)Nc1cccc(CNc2cc(NCc3nnnn3-c3c(C)cccc3C)nc(C)n2)c1.O=C(O)C(F)(F)F. The molecule has 2 aromatic heterocycles. The number of nitrogens with zero attached hydrogens (tertiary/aromatic N) is 6. The highest BCUT2D eigenvalue weighted by molar-refractivity contribution is 5.91. The standard InChI is InChI=1S/C25H29N9O2.C2HF3O2/c1-16-7-5-8-17(2)25(16)34-23(31-32-33-34)14-27-22-12-21(28-18(3)29-22)26-13-19-9-6-10-20(11-19)30-24(35)15-36-4;3-2(4,5)1(6)7/h5-12H,13-15H2,1-4H3,(H,30,35)(H2,26,27,28,29);(H,6,7). The summed E-state index contributed by atoms with van der Waals surface area (Å²) in [6.07, 6.45) is -5.08. The number of carboxylic acid groups (broad SMARTS) is 1. The number of hydrogen-bond donors (Lipinski definition) is 4. The Morgan fingerprint density at radius 2 is 1.56 bits per heavy atom. The molecule has 0 aliphatic carbocycles. The van der Waals surface area contributed by atoms with Gasteiger partial charge in [0.1, 0.15) is 24.1 Å². The van der Waals surface area contributed by atoms with Crippen LogP contribution in [-0.4, -0.2) is 67.1 Å². The van der Waals surface area contributed by atoms with Crippen molar-refractivity contribution in [1.29, 1.82) is 0 Å². The van der Waals surface area contributed by atoms with E-state index in [-0.39, 0.29) is 12.5 Å². The summed E-state index contributed by atoms with van der Waals surface area (Å²) in [5.74, 6) is -0.335. The molecule has 0 fully saturated rings. The van der Waals surface area contributed by atoms with Crippen molar-refractivity contribution in [2.24, 2.45) is 0 Å². The number of alkyl halides is 3. The van der Waals surface area contributed by atoms with Crippen LogP contribution in [-0.2, 0) is 27.4 Å². The Labute approximate surface area is 244 Å². The van der Waals surface area contributed by atoms with Crippen molar-refractivity contribution >= 4 is 29.2 Å². The quantitative estimate of drug-likeness (QED) is 0.208. The fourth-order valence-electron chi connectivity index (χ4n) is 3.83. The lowest BCUT2D eigenvalue weighted by molar-refractivity contribution is -0.192. The van der Waals surface area contributed by atoms with E-state index in [4.69, 9.17) is 14.6 Å². The maximum atomic E-state index is 11.8. The number of carboxylic acids is 1. The highest BCUT2D eigenvalue weighted by atomic mass is 19.4. The van der Waals surface area contributed by atoms with Gasteiger partial charge in [0.15, 0.2) is 5.82 Å². The van der Waals surface area contributed by atoms with Crippen molar-refractivity contribution in [1.82, 2.24) is 30.2 Å². The minimum absolute atomic E-state index is 0.00933. The van der Waals surface area contributed by atoms with Crippen LogP contribution >= 0.6 is 0 Å². The molecule has 4 aromatic rings. The number of benzene rings is 2. The van der Waals surface area contributed by atoms with Gasteiger partial charge in [-0.05, 0) is 60.0 Å². The van der Waals surface area contributed by atoms with E-state index < -0.39 is 12.1 Å². The number of methoxy groups -OCH3 is 1. The van der Waals surface area contributed by atoms with Crippen LogP contribution in [0, 0.1) is 20.8 Å². The fourth-order valence-corrected chi connectivity index (χ4v) is 3.83. The first-order valence-corrected chi connectivity index (χ1v) is 12.7. The number of amides is 1. The van der Waals surface area contributed by atoms with Gasteiger partial charge in [-0.3, -0.25) is 4.79 Å². The van der Waals surface area contributed by atoms with E-state index in [9.17, 15) is 18.0 Å². The van der Waals surface area contributed by atoms with Crippen LogP contribution in [0.2, 0.25) is 0 Å². The summed E-state index contributed by atoms with van der Waals surface area (Å²) in [5.41, 5.74) is 4.86. The summed E-state index contributed by atoms with van der Waals surface area (Å²) in [6.45, 7) is 6.83. The molecule has 0 aliphatic rings. The molecule has 0 saturated carbocycles. The molecule has 0 saturated heterocycles. The van der Waals surface area contributed by atoms with Crippen molar-refractivity contribution in [3.05, 3.63) is 76.9 Å². The van der Waals surface area contributed by atoms with Crippen LogP contribution < -0.4 is 16.0 Å². The molecule has 1 amide bonds. The van der Waals surface area contributed by atoms with E-state index >= 15 is 0 Å². The lowest BCUT2D eigenvalue weighted by atomic mass is 10.1. The predicted molar refractivity (Wildman–Crippen MR) is 151 cm³/mol. The number of tetrazole rings is 1. The molecule has 0 radical (unpaired) electrons. The second kappa shape index (κ2) is 14.7. The zero-order chi connectivity index (χ0) is 31.6. The van der Waals surface area contributed by atoms with Crippen molar-refractivity contribution in [2.45, 2.75) is 40.0 Å². The minimum atomic E-state index is -5.08. The average Bonchev–Trinajstić information content (AvgIpc) is 3.39. The zero-order valence-corrected chi connectivity index (χ0v) is 23.7. The number of rotatable bonds is 10. The summed E-state index contributed by atoms with van der Waals surface area (Å²) in [7, 11) is 1.49. The molecule has 2 aromatic carbocycles. The number of hydrogen-bond acceptors (Lipinski definition) is 10. The Kier molecular flexibility index (Phi) is 11.1. The molecular weight excluding hydrogens is 571 g/mol. The van der Waals surface area contributed by atoms with E-state index in [1.807, 2.05) is 69.3 Å². The number of aryl methyl sites for hydroxylation is 3. The number of nitrogens with one attached hydrogen (secondary N) is 3. The summed E-state index contributed by atoms with van der Waals surface area (Å²) in [4.78, 5) is 29.6. The summed E-state index contributed by atoms with van der Waals surface area (Å²) < 4.78 is 38.3. The lowest BCUT2D eigenvalue weighted by Crippen LogP contribution is -2.21. The Morgan fingerprint density at radius 1 is 0.953 bits per heavy atom. The molecule has 0 bridgehead atoms. The normalized spacial score (nSPS) is 10.9. The van der Waals surface area contributed by atoms with Gasteiger partial charge in [-0.25, -0.2) is 14.8 Å². The number of halogens is 3. The molecular formula is C27H30F3N9O4. The van der Waals surface area contributed by atoms with Gasteiger partial charge >= 0.3 is 12.1 Å². The highest BCUT2D eigenvalue weighted by Crippen LogP contribution is 2.20. The van der Waals surface area contributed by atoms with Crippen molar-refractivity contribution < 1.29 is 32.6 Å². The first-order valence-electron chi connectivity index (χ1n) is 12.7. The van der Waals surface area contributed by atoms with E-state index in [0.29, 0.717) is 42.1 Å². The van der Waals surface area contributed by atoms with Gasteiger partial charge in [-0.15, -0.1) is 5.10 Å². The number of carbonyl (C=O) groups is 2. The summed E-state index contributed by atoms with van der Waals surface area (Å²) in [6, 6.07) is 15.5. The maximum Gasteiger partial charge on any atom is 0.490 e. The Hall–Kier alpha value is -5.12. The molecule has 43 heavy (non-hydrogen) atoms. The Bertz CT molecular complexity index is 1540. The van der Waals surface area contributed by atoms with Crippen LogP contribution in [0.4, 0.5) is 30.5 Å². The third kappa shape index (κ3) is 9.74. The maximum absolute atomic E-state index is 11.8. The van der Waals surface area contributed by atoms with Crippen molar-refractivity contribution in [2.75, 3.05) is 29.7 Å².